The number of hydrogen-bond donors (Lipinski definition) is 1. The van der Waals surface area contributed by atoms with Crippen LogP contribution in [0.2, 0.25) is 0 Å². The Morgan fingerprint density at radius 1 is 0.783 bits per heavy atom. The molecule has 3 aromatic carbocycles. The number of aromatic hydroxyl groups is 1. The quantitative estimate of drug-likeness (QED) is 0.477. The summed E-state index contributed by atoms with van der Waals surface area (Å²) in [5.41, 5.74) is 0. The van der Waals surface area contributed by atoms with Crippen LogP contribution < -0.4 is 0 Å². The van der Waals surface area contributed by atoms with Crippen molar-refractivity contribution in [2.24, 2.45) is 0 Å². The van der Waals surface area contributed by atoms with Crippen LogP contribution in [0.5, 0.6) is 5.75 Å². The Hall–Kier alpha value is -1.98. The van der Waals surface area contributed by atoms with Crippen molar-refractivity contribution in [3.05, 3.63) is 72.3 Å². The number of benzene rings is 3. The standard InChI is InChI=1S/C18H10F2OS2/c19-12-9-11(21)10-13(20)18(12)23-16-7-3-1-5-14(16)22-15-6-2-4-8-17(15)23/h1-10H/p+1. The molecule has 3 aromatic rings. The summed E-state index contributed by atoms with van der Waals surface area (Å²) in [7, 11) is -0.871. The summed E-state index contributed by atoms with van der Waals surface area (Å²) in [4.78, 5) is 3.81. The van der Waals surface area contributed by atoms with Crippen LogP contribution in [0.25, 0.3) is 0 Å². The zero-order valence-electron chi connectivity index (χ0n) is 11.8. The first-order chi connectivity index (χ1) is 11.1. The molecule has 1 N–H and O–H groups in total. The fraction of sp³-hybridized carbons (Fsp3) is 0. The van der Waals surface area contributed by atoms with E-state index in [1.807, 2.05) is 48.5 Å². The number of halogens is 2. The van der Waals surface area contributed by atoms with Gasteiger partial charge in [-0.2, -0.15) is 0 Å². The van der Waals surface area contributed by atoms with E-state index in [2.05, 4.69) is 0 Å². The molecule has 5 heteroatoms. The average Bonchev–Trinajstić information content (AvgIpc) is 2.53. The molecule has 1 heterocycles. The SMILES string of the molecule is Oc1cc(F)c([S+]2c3ccccc3Sc3ccccc32)c(F)c1. The van der Waals surface area contributed by atoms with Crippen molar-refractivity contribution in [2.45, 2.75) is 24.5 Å². The Morgan fingerprint density at radius 2 is 1.26 bits per heavy atom. The van der Waals surface area contributed by atoms with Crippen LogP contribution in [0.4, 0.5) is 8.78 Å². The summed E-state index contributed by atoms with van der Waals surface area (Å²) in [5.74, 6) is -1.84. The summed E-state index contributed by atoms with van der Waals surface area (Å²) >= 11 is 1.61. The first-order valence-electron chi connectivity index (χ1n) is 6.93. The van der Waals surface area contributed by atoms with Crippen molar-refractivity contribution in [1.82, 2.24) is 0 Å². The van der Waals surface area contributed by atoms with Crippen LogP contribution in [0, 0.1) is 11.6 Å². The van der Waals surface area contributed by atoms with Crippen LogP contribution in [0.1, 0.15) is 0 Å². The molecular weight excluding hydrogens is 334 g/mol. The van der Waals surface area contributed by atoms with Crippen LogP contribution in [0.15, 0.2) is 85.1 Å². The van der Waals surface area contributed by atoms with Gasteiger partial charge in [0, 0.05) is 12.1 Å². The summed E-state index contributed by atoms with van der Waals surface area (Å²) < 4.78 is 29.0. The number of rotatable bonds is 1. The van der Waals surface area contributed by atoms with Gasteiger partial charge in [0.25, 0.3) is 0 Å². The Bertz CT molecular complexity index is 843. The molecule has 0 saturated carbocycles. The topological polar surface area (TPSA) is 20.2 Å². The third-order valence-corrected chi connectivity index (χ3v) is 7.35. The lowest BCUT2D eigenvalue weighted by atomic mass is 10.3. The van der Waals surface area contributed by atoms with E-state index in [1.54, 1.807) is 11.8 Å². The van der Waals surface area contributed by atoms with E-state index in [0.717, 1.165) is 31.7 Å². The normalized spacial score (nSPS) is 13.5. The van der Waals surface area contributed by atoms with Gasteiger partial charge in [-0.05, 0) is 24.3 Å². The number of hydrogen-bond acceptors (Lipinski definition) is 2. The number of phenols is 1. The van der Waals surface area contributed by atoms with Crippen molar-refractivity contribution in [3.8, 4) is 5.75 Å². The highest BCUT2D eigenvalue weighted by atomic mass is 32.2. The van der Waals surface area contributed by atoms with Gasteiger partial charge in [-0.25, -0.2) is 8.78 Å². The number of phenolic OH excluding ortho intramolecular Hbond substituents is 1. The Labute approximate surface area is 139 Å². The molecule has 1 nitrogen and oxygen atoms in total. The van der Waals surface area contributed by atoms with E-state index in [1.165, 1.54) is 0 Å². The third-order valence-electron chi connectivity index (χ3n) is 3.55. The van der Waals surface area contributed by atoms with E-state index in [4.69, 9.17) is 0 Å². The molecule has 0 bridgehead atoms. The minimum absolute atomic E-state index is 0.00278. The molecule has 0 saturated heterocycles. The molecule has 0 radical (unpaired) electrons. The second-order valence-electron chi connectivity index (χ2n) is 5.04. The van der Waals surface area contributed by atoms with Crippen LogP contribution >= 0.6 is 11.8 Å². The summed E-state index contributed by atoms with van der Waals surface area (Å²) in [6.07, 6.45) is 0. The summed E-state index contributed by atoms with van der Waals surface area (Å²) in [6, 6.07) is 17.3. The van der Waals surface area contributed by atoms with E-state index in [9.17, 15) is 13.9 Å². The lowest BCUT2D eigenvalue weighted by molar-refractivity contribution is 0.452. The molecule has 0 fully saturated rings. The predicted octanol–water partition coefficient (Wildman–Crippen LogP) is 5.23. The van der Waals surface area contributed by atoms with Gasteiger partial charge in [-0.15, -0.1) is 0 Å². The van der Waals surface area contributed by atoms with Crippen LogP contribution in [-0.2, 0) is 10.9 Å². The van der Waals surface area contributed by atoms with Crippen molar-refractivity contribution >= 4 is 22.7 Å². The first kappa shape index (κ1) is 14.6. The van der Waals surface area contributed by atoms with Crippen molar-refractivity contribution in [3.63, 3.8) is 0 Å². The lowest BCUT2D eigenvalue weighted by Crippen LogP contribution is -2.14. The molecule has 114 valence electrons. The van der Waals surface area contributed by atoms with Crippen molar-refractivity contribution < 1.29 is 13.9 Å². The highest BCUT2D eigenvalue weighted by Crippen LogP contribution is 2.49. The van der Waals surface area contributed by atoms with Gasteiger partial charge >= 0.3 is 0 Å². The maximum Gasteiger partial charge on any atom is 0.237 e. The van der Waals surface area contributed by atoms with E-state index in [0.29, 0.717) is 0 Å². The van der Waals surface area contributed by atoms with Gasteiger partial charge < -0.3 is 5.11 Å². The zero-order valence-corrected chi connectivity index (χ0v) is 13.4. The van der Waals surface area contributed by atoms with Gasteiger partial charge in [0.05, 0.1) is 9.79 Å². The molecular formula is C18H11F2OS2+. The highest BCUT2D eigenvalue weighted by Gasteiger charge is 2.42. The van der Waals surface area contributed by atoms with E-state index < -0.39 is 28.3 Å². The Morgan fingerprint density at radius 3 is 1.78 bits per heavy atom. The van der Waals surface area contributed by atoms with Crippen LogP contribution in [0.3, 0.4) is 0 Å². The molecule has 4 rings (SSSR count). The smallest absolute Gasteiger partial charge is 0.237 e. The summed E-state index contributed by atoms with van der Waals surface area (Å²) in [6.45, 7) is 0. The van der Waals surface area contributed by atoms with Crippen molar-refractivity contribution in [1.29, 1.82) is 0 Å². The predicted molar refractivity (Wildman–Crippen MR) is 87.2 cm³/mol. The number of fused-ring (bicyclic) bond motifs is 2. The fourth-order valence-electron chi connectivity index (χ4n) is 2.60. The molecule has 0 aliphatic carbocycles. The monoisotopic (exact) mass is 345 g/mol. The molecule has 1 aliphatic rings. The highest BCUT2D eigenvalue weighted by molar-refractivity contribution is 8.04. The molecule has 23 heavy (non-hydrogen) atoms. The van der Waals surface area contributed by atoms with Crippen LogP contribution in [-0.4, -0.2) is 5.11 Å². The van der Waals surface area contributed by atoms with Gasteiger partial charge in [-0.3, -0.25) is 0 Å². The Kier molecular flexibility index (Phi) is 3.54. The lowest BCUT2D eigenvalue weighted by Gasteiger charge is -2.19. The fourth-order valence-corrected chi connectivity index (χ4v) is 6.37. The maximum atomic E-state index is 14.5. The van der Waals surface area contributed by atoms with E-state index >= 15 is 0 Å². The molecule has 0 amide bonds. The second-order valence-corrected chi connectivity index (χ2v) is 8.02. The first-order valence-corrected chi connectivity index (χ1v) is 8.97. The average molecular weight is 345 g/mol. The maximum absolute atomic E-state index is 14.5. The summed E-state index contributed by atoms with van der Waals surface area (Å²) in [5, 5.41) is 9.43. The molecule has 1 aliphatic heterocycles. The zero-order chi connectivity index (χ0) is 16.0. The third kappa shape index (κ3) is 2.40. The largest absolute Gasteiger partial charge is 0.508 e. The molecule has 0 unspecified atom stereocenters. The minimum Gasteiger partial charge on any atom is -0.508 e. The second kappa shape index (κ2) is 5.58. The van der Waals surface area contributed by atoms with Gasteiger partial charge in [0.1, 0.15) is 16.6 Å². The Balaban J connectivity index is 2.02. The molecule has 0 atom stereocenters. The van der Waals surface area contributed by atoms with Gasteiger partial charge in [0.2, 0.25) is 4.90 Å². The van der Waals surface area contributed by atoms with Crippen molar-refractivity contribution in [2.75, 3.05) is 0 Å². The minimum atomic E-state index is -0.871. The van der Waals surface area contributed by atoms with Gasteiger partial charge in [0.15, 0.2) is 21.4 Å². The molecule has 0 spiro atoms. The van der Waals surface area contributed by atoms with E-state index in [-0.39, 0.29) is 4.90 Å². The van der Waals surface area contributed by atoms with Gasteiger partial charge in [-0.1, -0.05) is 36.0 Å². The molecule has 0 aromatic heterocycles.